The van der Waals surface area contributed by atoms with Crippen LogP contribution in [-0.2, 0) is 4.79 Å². The first-order valence-corrected chi connectivity index (χ1v) is 8.75. The van der Waals surface area contributed by atoms with Gasteiger partial charge in [0.15, 0.2) is 0 Å². The molecule has 4 rings (SSSR count). The standard InChI is InChI=1S/C19H30O/c1-11-15-9-14-8-13-6-7-17(3,4)16(19(13,14)15)10-18(11,5)12(2)20/h11,13-16H,6-10H2,1-5H3. The Morgan fingerprint density at radius 2 is 1.80 bits per heavy atom. The van der Waals surface area contributed by atoms with Gasteiger partial charge in [-0.3, -0.25) is 4.79 Å². The maximum Gasteiger partial charge on any atom is 0.135 e. The van der Waals surface area contributed by atoms with Crippen LogP contribution in [0.15, 0.2) is 0 Å². The molecule has 0 N–H and O–H groups in total. The molecule has 7 atom stereocenters. The molecule has 1 heteroatoms. The zero-order chi connectivity index (χ0) is 14.5. The Morgan fingerprint density at radius 1 is 1.10 bits per heavy atom. The quantitative estimate of drug-likeness (QED) is 0.677. The third-order valence-electron chi connectivity index (χ3n) is 8.89. The van der Waals surface area contributed by atoms with Gasteiger partial charge in [-0.25, -0.2) is 0 Å². The fourth-order valence-corrected chi connectivity index (χ4v) is 7.38. The molecule has 0 aromatic rings. The van der Waals surface area contributed by atoms with Crippen molar-refractivity contribution in [2.45, 2.75) is 66.7 Å². The molecule has 0 aliphatic heterocycles. The van der Waals surface area contributed by atoms with E-state index in [1.165, 1.54) is 32.1 Å². The van der Waals surface area contributed by atoms with Crippen LogP contribution >= 0.6 is 0 Å². The Balaban J connectivity index is 1.80. The van der Waals surface area contributed by atoms with E-state index in [9.17, 15) is 4.79 Å². The average Bonchev–Trinajstić information content (AvgIpc) is 2.35. The summed E-state index contributed by atoms with van der Waals surface area (Å²) in [5.74, 6) is 4.71. The topological polar surface area (TPSA) is 17.1 Å². The van der Waals surface area contributed by atoms with Gasteiger partial charge in [-0.05, 0) is 79.4 Å². The summed E-state index contributed by atoms with van der Waals surface area (Å²) < 4.78 is 0. The van der Waals surface area contributed by atoms with Crippen molar-refractivity contribution in [3.63, 3.8) is 0 Å². The first-order chi connectivity index (χ1) is 9.24. The normalized spacial score (nSPS) is 58.8. The molecule has 1 nitrogen and oxygen atoms in total. The molecule has 0 radical (unpaired) electrons. The molecule has 0 aromatic heterocycles. The van der Waals surface area contributed by atoms with Crippen LogP contribution in [0.3, 0.4) is 0 Å². The van der Waals surface area contributed by atoms with Gasteiger partial charge in [0, 0.05) is 5.41 Å². The van der Waals surface area contributed by atoms with Gasteiger partial charge in [0.25, 0.3) is 0 Å². The largest absolute Gasteiger partial charge is 0.299 e. The van der Waals surface area contributed by atoms with E-state index in [2.05, 4.69) is 27.7 Å². The monoisotopic (exact) mass is 274 g/mol. The number of Topliss-reactive ketones (excluding diaryl/α,β-unsaturated/α-hetero) is 1. The minimum Gasteiger partial charge on any atom is -0.299 e. The van der Waals surface area contributed by atoms with Crippen LogP contribution in [0.4, 0.5) is 0 Å². The van der Waals surface area contributed by atoms with Gasteiger partial charge >= 0.3 is 0 Å². The molecule has 0 saturated heterocycles. The second-order valence-corrected chi connectivity index (χ2v) is 9.52. The number of carbonyl (C=O) groups is 1. The number of ketones is 1. The highest BCUT2D eigenvalue weighted by atomic mass is 16.1. The van der Waals surface area contributed by atoms with Crippen LogP contribution in [0.1, 0.15) is 66.7 Å². The molecule has 0 bridgehead atoms. The van der Waals surface area contributed by atoms with Crippen molar-refractivity contribution < 1.29 is 4.79 Å². The van der Waals surface area contributed by atoms with Crippen LogP contribution in [0.2, 0.25) is 0 Å². The van der Waals surface area contributed by atoms with E-state index in [4.69, 9.17) is 0 Å². The van der Waals surface area contributed by atoms with E-state index in [-0.39, 0.29) is 5.41 Å². The van der Waals surface area contributed by atoms with Gasteiger partial charge in [-0.1, -0.05) is 27.7 Å². The van der Waals surface area contributed by atoms with E-state index in [1.54, 1.807) is 0 Å². The van der Waals surface area contributed by atoms with Crippen molar-refractivity contribution in [1.29, 1.82) is 0 Å². The summed E-state index contributed by atoms with van der Waals surface area (Å²) in [6, 6.07) is 0. The van der Waals surface area contributed by atoms with Crippen LogP contribution in [0, 0.1) is 45.8 Å². The van der Waals surface area contributed by atoms with Crippen LogP contribution in [-0.4, -0.2) is 5.78 Å². The molecule has 7 unspecified atom stereocenters. The minimum absolute atomic E-state index is 0.0553. The van der Waals surface area contributed by atoms with Crippen LogP contribution in [0.5, 0.6) is 0 Å². The summed E-state index contributed by atoms with van der Waals surface area (Å²) >= 11 is 0. The highest BCUT2D eigenvalue weighted by Crippen LogP contribution is 2.82. The second kappa shape index (κ2) is 3.52. The Labute approximate surface area is 123 Å². The summed E-state index contributed by atoms with van der Waals surface area (Å²) in [5, 5.41) is 0. The fraction of sp³-hybridized carbons (Fsp3) is 0.947. The predicted octanol–water partition coefficient (Wildman–Crippen LogP) is 4.70. The first kappa shape index (κ1) is 13.3. The van der Waals surface area contributed by atoms with Gasteiger partial charge in [0.2, 0.25) is 0 Å². The molecule has 20 heavy (non-hydrogen) atoms. The van der Waals surface area contributed by atoms with E-state index in [0.29, 0.717) is 22.5 Å². The Morgan fingerprint density at radius 3 is 2.40 bits per heavy atom. The Hall–Kier alpha value is -0.330. The van der Waals surface area contributed by atoms with Crippen LogP contribution < -0.4 is 0 Å². The zero-order valence-electron chi connectivity index (χ0n) is 13.8. The fourth-order valence-electron chi connectivity index (χ4n) is 7.38. The predicted molar refractivity (Wildman–Crippen MR) is 81.2 cm³/mol. The lowest BCUT2D eigenvalue weighted by atomic mass is 9.23. The molecule has 0 amide bonds. The maximum absolute atomic E-state index is 12.4. The first-order valence-electron chi connectivity index (χ1n) is 8.75. The number of carbonyl (C=O) groups excluding carboxylic acids is 1. The molecule has 4 aliphatic carbocycles. The molecule has 4 fully saturated rings. The zero-order valence-corrected chi connectivity index (χ0v) is 13.8. The van der Waals surface area contributed by atoms with E-state index in [1.807, 2.05) is 6.92 Å². The molecule has 4 aliphatic rings. The van der Waals surface area contributed by atoms with Crippen molar-refractivity contribution in [1.82, 2.24) is 0 Å². The third-order valence-corrected chi connectivity index (χ3v) is 8.89. The van der Waals surface area contributed by atoms with Gasteiger partial charge in [0.05, 0.1) is 0 Å². The van der Waals surface area contributed by atoms with Gasteiger partial charge in [-0.15, -0.1) is 0 Å². The van der Waals surface area contributed by atoms with Crippen molar-refractivity contribution in [2.24, 2.45) is 45.8 Å². The van der Waals surface area contributed by atoms with Crippen LogP contribution in [0.25, 0.3) is 0 Å². The molecule has 0 heterocycles. The summed E-state index contributed by atoms with van der Waals surface area (Å²) in [7, 11) is 0. The Kier molecular flexibility index (Phi) is 2.35. The molecule has 1 spiro atoms. The van der Waals surface area contributed by atoms with Crippen molar-refractivity contribution in [2.75, 3.05) is 0 Å². The van der Waals surface area contributed by atoms with Gasteiger partial charge in [0.1, 0.15) is 5.78 Å². The molecule has 112 valence electrons. The van der Waals surface area contributed by atoms with Crippen molar-refractivity contribution >= 4 is 5.78 Å². The van der Waals surface area contributed by atoms with E-state index in [0.717, 1.165) is 23.7 Å². The highest BCUT2D eigenvalue weighted by molar-refractivity contribution is 5.82. The van der Waals surface area contributed by atoms with Crippen molar-refractivity contribution in [3.8, 4) is 0 Å². The average molecular weight is 274 g/mol. The number of hydrogen-bond donors (Lipinski definition) is 0. The van der Waals surface area contributed by atoms with Gasteiger partial charge < -0.3 is 0 Å². The lowest BCUT2D eigenvalue weighted by Crippen LogP contribution is -2.75. The Bertz CT molecular complexity index is 478. The second-order valence-electron chi connectivity index (χ2n) is 9.52. The lowest BCUT2D eigenvalue weighted by Gasteiger charge is -2.81. The SMILES string of the molecule is CC(=O)C1(C)CC2C(C)(C)CCC3CC4CC(C1C)C342. The van der Waals surface area contributed by atoms with Gasteiger partial charge in [-0.2, -0.15) is 0 Å². The van der Waals surface area contributed by atoms with E-state index >= 15 is 0 Å². The maximum atomic E-state index is 12.4. The summed E-state index contributed by atoms with van der Waals surface area (Å²) in [6.07, 6.45) is 6.94. The smallest absolute Gasteiger partial charge is 0.135 e. The summed E-state index contributed by atoms with van der Waals surface area (Å²) in [5.41, 5.74) is 1.06. The molecule has 4 saturated carbocycles. The third kappa shape index (κ3) is 1.17. The molecule has 0 aromatic carbocycles. The number of hydrogen-bond acceptors (Lipinski definition) is 1. The summed E-state index contributed by atoms with van der Waals surface area (Å²) in [4.78, 5) is 12.4. The lowest BCUT2D eigenvalue weighted by molar-refractivity contribution is -0.325. The van der Waals surface area contributed by atoms with E-state index < -0.39 is 0 Å². The molecular weight excluding hydrogens is 244 g/mol. The summed E-state index contributed by atoms with van der Waals surface area (Å²) in [6.45, 7) is 11.5. The minimum atomic E-state index is -0.0553. The highest BCUT2D eigenvalue weighted by Gasteiger charge is 2.76. The molecular formula is C19H30O. The number of rotatable bonds is 1. The van der Waals surface area contributed by atoms with Crippen molar-refractivity contribution in [3.05, 3.63) is 0 Å².